The first-order valence-electron chi connectivity index (χ1n) is 9.02. The second-order valence-electron chi connectivity index (χ2n) is 8.76. The van der Waals surface area contributed by atoms with Gasteiger partial charge in [-0.1, -0.05) is 32.9 Å². The van der Waals surface area contributed by atoms with Gasteiger partial charge in [0, 0.05) is 0 Å². The van der Waals surface area contributed by atoms with E-state index in [2.05, 4.69) is 27.4 Å². The van der Waals surface area contributed by atoms with Gasteiger partial charge in [-0.15, -0.1) is 0 Å². The van der Waals surface area contributed by atoms with Crippen molar-refractivity contribution in [1.82, 2.24) is 0 Å². The number of hydrogen-bond donors (Lipinski definition) is 0. The van der Waals surface area contributed by atoms with E-state index in [1.54, 1.807) is 6.26 Å². The van der Waals surface area contributed by atoms with Gasteiger partial charge in [-0.05, 0) is 72.8 Å². The molecule has 23 heavy (non-hydrogen) atoms. The van der Waals surface area contributed by atoms with Gasteiger partial charge in [0.1, 0.15) is 12.0 Å². The predicted molar refractivity (Wildman–Crippen MR) is 93.3 cm³/mol. The maximum Gasteiger partial charge on any atom is 0.127 e. The molecule has 2 aliphatic rings. The molecule has 2 aliphatic carbocycles. The van der Waals surface area contributed by atoms with Crippen LogP contribution in [0.4, 0.5) is 0 Å². The lowest BCUT2D eigenvalue weighted by Crippen LogP contribution is -2.46. The van der Waals surface area contributed by atoms with Gasteiger partial charge in [-0.25, -0.2) is 0 Å². The standard InChI is InChI=1S/C21H30O2/c1-15-5-6-17-14-20(2,3)9-10-21(17,4)18(15)13-16-8-12-23-19(16)7-11-22/h8,11-12,17-18H,1,5-7,9-10,13-14H2,2-4H3. The summed E-state index contributed by atoms with van der Waals surface area (Å²) in [5, 5.41) is 0. The highest BCUT2D eigenvalue weighted by atomic mass is 16.3. The van der Waals surface area contributed by atoms with Crippen molar-refractivity contribution in [2.45, 2.75) is 65.7 Å². The molecule has 0 aromatic carbocycles. The first kappa shape index (κ1) is 16.5. The summed E-state index contributed by atoms with van der Waals surface area (Å²) >= 11 is 0. The molecule has 1 aromatic rings. The quantitative estimate of drug-likeness (QED) is 0.553. The van der Waals surface area contributed by atoms with Gasteiger partial charge in [0.15, 0.2) is 0 Å². The van der Waals surface area contributed by atoms with Gasteiger partial charge in [0.25, 0.3) is 0 Å². The van der Waals surface area contributed by atoms with E-state index < -0.39 is 0 Å². The molecule has 1 aromatic heterocycles. The van der Waals surface area contributed by atoms with Gasteiger partial charge in [0.2, 0.25) is 0 Å². The summed E-state index contributed by atoms with van der Waals surface area (Å²) in [7, 11) is 0. The summed E-state index contributed by atoms with van der Waals surface area (Å²) < 4.78 is 5.52. The summed E-state index contributed by atoms with van der Waals surface area (Å²) in [4.78, 5) is 10.9. The summed E-state index contributed by atoms with van der Waals surface area (Å²) in [5.41, 5.74) is 3.43. The molecule has 2 fully saturated rings. The zero-order valence-electron chi connectivity index (χ0n) is 14.9. The van der Waals surface area contributed by atoms with E-state index >= 15 is 0 Å². The summed E-state index contributed by atoms with van der Waals surface area (Å²) in [6.45, 7) is 11.8. The van der Waals surface area contributed by atoms with Gasteiger partial charge in [-0.2, -0.15) is 0 Å². The fourth-order valence-corrected chi connectivity index (χ4v) is 5.11. The Morgan fingerprint density at radius 2 is 2.13 bits per heavy atom. The maximum atomic E-state index is 10.9. The second-order valence-corrected chi connectivity index (χ2v) is 8.76. The zero-order valence-corrected chi connectivity index (χ0v) is 14.9. The minimum Gasteiger partial charge on any atom is -0.469 e. The molecule has 2 nitrogen and oxygen atoms in total. The molecule has 2 heteroatoms. The first-order chi connectivity index (χ1) is 10.9. The Morgan fingerprint density at radius 1 is 1.35 bits per heavy atom. The molecular formula is C21H30O2. The average molecular weight is 314 g/mol. The SMILES string of the molecule is C=C1CCC2CC(C)(C)CCC2(C)C1Cc1ccoc1CC=O. The van der Waals surface area contributed by atoms with Crippen LogP contribution in [0.25, 0.3) is 0 Å². The Hall–Kier alpha value is -1.31. The molecule has 3 rings (SSSR count). The molecule has 0 radical (unpaired) electrons. The van der Waals surface area contributed by atoms with E-state index in [1.165, 1.54) is 36.8 Å². The summed E-state index contributed by atoms with van der Waals surface area (Å²) in [5.74, 6) is 2.15. The van der Waals surface area contributed by atoms with E-state index in [0.29, 0.717) is 23.2 Å². The Kier molecular flexibility index (Phi) is 4.29. The first-order valence-corrected chi connectivity index (χ1v) is 9.02. The minimum absolute atomic E-state index is 0.348. The molecule has 0 N–H and O–H groups in total. The van der Waals surface area contributed by atoms with Crippen molar-refractivity contribution in [1.29, 1.82) is 0 Å². The lowest BCUT2D eigenvalue weighted by molar-refractivity contribution is -0.107. The number of carbonyl (C=O) groups is 1. The molecule has 126 valence electrons. The number of hydrogen-bond acceptors (Lipinski definition) is 2. The van der Waals surface area contributed by atoms with Crippen molar-refractivity contribution in [3.8, 4) is 0 Å². The molecule has 0 spiro atoms. The lowest BCUT2D eigenvalue weighted by atomic mass is 9.49. The molecule has 3 atom stereocenters. The van der Waals surface area contributed by atoms with Crippen molar-refractivity contribution >= 4 is 6.29 Å². The van der Waals surface area contributed by atoms with Crippen molar-refractivity contribution in [2.24, 2.45) is 22.7 Å². The Labute approximate surface area is 140 Å². The molecular weight excluding hydrogens is 284 g/mol. The third-order valence-electron chi connectivity index (χ3n) is 6.71. The smallest absolute Gasteiger partial charge is 0.127 e. The van der Waals surface area contributed by atoms with Crippen LogP contribution >= 0.6 is 0 Å². The van der Waals surface area contributed by atoms with Crippen LogP contribution in [-0.4, -0.2) is 6.29 Å². The predicted octanol–water partition coefficient (Wildman–Crippen LogP) is 5.36. The van der Waals surface area contributed by atoms with Crippen LogP contribution in [0.15, 0.2) is 28.9 Å². The highest BCUT2D eigenvalue weighted by molar-refractivity contribution is 5.54. The molecule has 0 saturated heterocycles. The monoisotopic (exact) mass is 314 g/mol. The van der Waals surface area contributed by atoms with Gasteiger partial charge >= 0.3 is 0 Å². The van der Waals surface area contributed by atoms with E-state index in [4.69, 9.17) is 4.42 Å². The Morgan fingerprint density at radius 3 is 2.87 bits per heavy atom. The molecule has 0 bridgehead atoms. The summed E-state index contributed by atoms with van der Waals surface area (Å²) in [6.07, 6.45) is 10.4. The highest BCUT2D eigenvalue weighted by Gasteiger charge is 2.50. The Bertz CT molecular complexity index is 595. The van der Waals surface area contributed by atoms with E-state index in [-0.39, 0.29) is 0 Å². The van der Waals surface area contributed by atoms with Crippen LogP contribution in [0.5, 0.6) is 0 Å². The molecule has 3 unspecified atom stereocenters. The van der Waals surface area contributed by atoms with E-state index in [0.717, 1.165) is 30.8 Å². The van der Waals surface area contributed by atoms with Gasteiger partial charge < -0.3 is 9.21 Å². The van der Waals surface area contributed by atoms with Crippen LogP contribution in [0, 0.1) is 22.7 Å². The lowest BCUT2D eigenvalue weighted by Gasteiger charge is -2.55. The van der Waals surface area contributed by atoms with Crippen LogP contribution in [0.3, 0.4) is 0 Å². The minimum atomic E-state index is 0.348. The largest absolute Gasteiger partial charge is 0.469 e. The van der Waals surface area contributed by atoms with Crippen molar-refractivity contribution in [2.75, 3.05) is 0 Å². The van der Waals surface area contributed by atoms with Crippen molar-refractivity contribution in [3.63, 3.8) is 0 Å². The number of furan rings is 1. The van der Waals surface area contributed by atoms with Gasteiger partial charge in [0.05, 0.1) is 12.7 Å². The number of aldehydes is 1. The molecule has 0 aliphatic heterocycles. The maximum absolute atomic E-state index is 10.9. The molecule has 0 amide bonds. The van der Waals surface area contributed by atoms with Crippen LogP contribution in [-0.2, 0) is 17.6 Å². The normalized spacial score (nSPS) is 33.3. The Balaban J connectivity index is 1.86. The molecule has 1 heterocycles. The number of fused-ring (bicyclic) bond motifs is 1. The van der Waals surface area contributed by atoms with E-state index in [1.807, 2.05) is 6.07 Å². The topological polar surface area (TPSA) is 30.2 Å². The second kappa shape index (κ2) is 5.96. The van der Waals surface area contributed by atoms with Crippen LogP contribution < -0.4 is 0 Å². The number of rotatable bonds is 4. The fraction of sp³-hybridized carbons (Fsp3) is 0.667. The summed E-state index contributed by atoms with van der Waals surface area (Å²) in [6, 6.07) is 2.05. The fourth-order valence-electron chi connectivity index (χ4n) is 5.11. The zero-order chi connectivity index (χ0) is 16.7. The van der Waals surface area contributed by atoms with Crippen LogP contribution in [0.1, 0.15) is 64.2 Å². The van der Waals surface area contributed by atoms with Gasteiger partial charge in [-0.3, -0.25) is 0 Å². The third kappa shape index (κ3) is 3.05. The van der Waals surface area contributed by atoms with Crippen LogP contribution in [0.2, 0.25) is 0 Å². The molecule has 2 saturated carbocycles. The average Bonchev–Trinajstić information content (AvgIpc) is 2.92. The van der Waals surface area contributed by atoms with Crippen molar-refractivity contribution in [3.05, 3.63) is 35.8 Å². The number of carbonyl (C=O) groups excluding carboxylic acids is 1. The van der Waals surface area contributed by atoms with Crippen molar-refractivity contribution < 1.29 is 9.21 Å². The van der Waals surface area contributed by atoms with E-state index in [9.17, 15) is 4.79 Å². The number of allylic oxidation sites excluding steroid dienone is 1. The third-order valence-corrected chi connectivity index (χ3v) is 6.71. The highest BCUT2D eigenvalue weighted by Crippen LogP contribution is 2.59.